The van der Waals surface area contributed by atoms with Gasteiger partial charge in [-0.3, -0.25) is 9.69 Å². The van der Waals surface area contributed by atoms with E-state index in [4.69, 9.17) is 9.37 Å². The Hall–Kier alpha value is -1.99. The van der Waals surface area contributed by atoms with Crippen LogP contribution in [0.25, 0.3) is 11.0 Å². The number of benzene rings is 1. The van der Waals surface area contributed by atoms with Crippen LogP contribution >= 0.6 is 0 Å². The van der Waals surface area contributed by atoms with Crippen LogP contribution in [0.2, 0.25) is 0 Å². The fourth-order valence-corrected chi connectivity index (χ4v) is 5.01. The van der Waals surface area contributed by atoms with Gasteiger partial charge < -0.3 is 10.1 Å². The second-order valence-corrected chi connectivity index (χ2v) is 8.86. The molecule has 2 aromatic rings. The van der Waals surface area contributed by atoms with Gasteiger partial charge in [0.1, 0.15) is 11.0 Å². The molecule has 2 saturated carbocycles. The highest BCUT2D eigenvalue weighted by Crippen LogP contribution is 2.39. The molecule has 0 spiro atoms. The summed E-state index contributed by atoms with van der Waals surface area (Å²) < 4.78 is 11.2. The van der Waals surface area contributed by atoms with Crippen LogP contribution in [0.15, 0.2) is 22.8 Å². The summed E-state index contributed by atoms with van der Waals surface area (Å²) in [7, 11) is 0. The maximum absolute atomic E-state index is 11.7. The van der Waals surface area contributed by atoms with E-state index in [1.165, 1.54) is 12.8 Å². The fraction of sp³-hybridized carbons (Fsp3) is 0.667. The van der Waals surface area contributed by atoms with E-state index in [0.717, 1.165) is 61.6 Å². The van der Waals surface area contributed by atoms with E-state index in [0.29, 0.717) is 11.8 Å². The molecule has 5 rings (SSSR count). The standard InChI is InChI=1S/C21H28N4O3/c1-13(26)22-19-7-16-10-25(9-15-3-2-4-18-21(15)24-28-23-18)11-17(16)8-20(19)27-12-14-5-6-14/h2-4,14,16-17,19-20H,5-12H2,1H3,(H,22,26)/t16-,17+,19-,20-/m1/s1. The monoisotopic (exact) mass is 384 g/mol. The Bertz CT molecular complexity index is 849. The molecule has 28 heavy (non-hydrogen) atoms. The van der Waals surface area contributed by atoms with E-state index in [1.807, 2.05) is 12.1 Å². The number of nitrogens with one attached hydrogen (secondary N) is 1. The van der Waals surface area contributed by atoms with E-state index in [-0.39, 0.29) is 18.1 Å². The van der Waals surface area contributed by atoms with Gasteiger partial charge in [-0.1, -0.05) is 12.1 Å². The van der Waals surface area contributed by atoms with Gasteiger partial charge in [-0.05, 0) is 65.4 Å². The van der Waals surface area contributed by atoms with E-state index in [2.05, 4.69) is 26.6 Å². The molecule has 1 amide bonds. The van der Waals surface area contributed by atoms with Crippen molar-refractivity contribution < 1.29 is 14.2 Å². The largest absolute Gasteiger partial charge is 0.376 e. The Balaban J connectivity index is 1.26. The zero-order valence-electron chi connectivity index (χ0n) is 16.3. The summed E-state index contributed by atoms with van der Waals surface area (Å²) in [6, 6.07) is 6.19. The third kappa shape index (κ3) is 3.78. The van der Waals surface area contributed by atoms with Gasteiger partial charge in [0.25, 0.3) is 0 Å². The Morgan fingerprint density at radius 1 is 1.25 bits per heavy atom. The first kappa shape index (κ1) is 18.1. The predicted octanol–water partition coefficient (Wildman–Crippen LogP) is 2.36. The summed E-state index contributed by atoms with van der Waals surface area (Å²) in [4.78, 5) is 14.2. The minimum atomic E-state index is 0.0449. The van der Waals surface area contributed by atoms with Crippen LogP contribution in [0, 0.1) is 17.8 Å². The molecule has 7 heteroatoms. The zero-order chi connectivity index (χ0) is 19.1. The molecule has 0 unspecified atom stereocenters. The molecule has 0 bridgehead atoms. The number of hydrogen-bond acceptors (Lipinski definition) is 6. The summed E-state index contributed by atoms with van der Waals surface area (Å²) in [6.45, 7) is 5.44. The highest BCUT2D eigenvalue weighted by molar-refractivity contribution is 5.76. The van der Waals surface area contributed by atoms with Crippen molar-refractivity contribution in [1.82, 2.24) is 20.5 Å². The molecule has 1 N–H and O–H groups in total. The molecule has 150 valence electrons. The average Bonchev–Trinajstić information content (AvgIpc) is 3.21. The summed E-state index contributed by atoms with van der Waals surface area (Å²) >= 11 is 0. The Morgan fingerprint density at radius 3 is 2.86 bits per heavy atom. The van der Waals surface area contributed by atoms with Crippen molar-refractivity contribution in [2.75, 3.05) is 19.7 Å². The molecule has 1 aromatic heterocycles. The lowest BCUT2D eigenvalue weighted by molar-refractivity contribution is -0.122. The van der Waals surface area contributed by atoms with Crippen molar-refractivity contribution in [1.29, 1.82) is 0 Å². The van der Waals surface area contributed by atoms with E-state index < -0.39 is 0 Å². The highest BCUT2D eigenvalue weighted by atomic mass is 16.6. The summed E-state index contributed by atoms with van der Waals surface area (Å²) in [5.74, 6) is 2.02. The van der Waals surface area contributed by atoms with Gasteiger partial charge in [-0.2, -0.15) is 0 Å². The maximum atomic E-state index is 11.7. The number of rotatable bonds is 6. The molecule has 3 fully saturated rings. The lowest BCUT2D eigenvalue weighted by Gasteiger charge is -2.38. The van der Waals surface area contributed by atoms with Crippen LogP contribution < -0.4 is 5.32 Å². The summed E-state index contributed by atoms with van der Waals surface area (Å²) in [5.41, 5.74) is 2.84. The molecule has 4 atom stereocenters. The van der Waals surface area contributed by atoms with Gasteiger partial charge in [0, 0.05) is 33.2 Å². The number of hydrogen-bond donors (Lipinski definition) is 1. The Morgan fingerprint density at radius 2 is 2.07 bits per heavy atom. The number of ether oxygens (including phenoxy) is 1. The van der Waals surface area contributed by atoms with E-state index in [9.17, 15) is 4.79 Å². The third-order valence-corrected chi connectivity index (χ3v) is 6.59. The molecular formula is C21H28N4O3. The predicted molar refractivity (Wildman–Crippen MR) is 103 cm³/mol. The molecule has 2 aliphatic carbocycles. The summed E-state index contributed by atoms with van der Waals surface area (Å²) in [6.07, 6.45) is 4.77. The van der Waals surface area contributed by atoms with E-state index in [1.54, 1.807) is 6.92 Å². The van der Waals surface area contributed by atoms with Gasteiger partial charge >= 0.3 is 0 Å². The van der Waals surface area contributed by atoms with Crippen molar-refractivity contribution in [3.05, 3.63) is 23.8 Å². The molecule has 1 aliphatic heterocycles. The molecule has 7 nitrogen and oxygen atoms in total. The number of carbonyl (C=O) groups excluding carboxylic acids is 1. The number of aromatic nitrogens is 2. The van der Waals surface area contributed by atoms with Crippen LogP contribution in [0.3, 0.4) is 0 Å². The topological polar surface area (TPSA) is 80.5 Å². The third-order valence-electron chi connectivity index (χ3n) is 6.59. The van der Waals surface area contributed by atoms with Gasteiger partial charge in [0.05, 0.1) is 12.1 Å². The highest BCUT2D eigenvalue weighted by Gasteiger charge is 2.43. The normalized spacial score (nSPS) is 30.5. The van der Waals surface area contributed by atoms with Crippen molar-refractivity contribution >= 4 is 16.9 Å². The van der Waals surface area contributed by atoms with Gasteiger partial charge in [0.15, 0.2) is 0 Å². The molecule has 0 radical (unpaired) electrons. The maximum Gasteiger partial charge on any atom is 0.217 e. The smallest absolute Gasteiger partial charge is 0.217 e. The molecule has 2 heterocycles. The second kappa shape index (κ2) is 7.44. The van der Waals surface area contributed by atoms with Crippen LogP contribution in [0.4, 0.5) is 0 Å². The Kier molecular flexibility index (Phi) is 4.80. The van der Waals surface area contributed by atoms with Crippen molar-refractivity contribution in [3.8, 4) is 0 Å². The molecule has 1 saturated heterocycles. The number of amides is 1. The van der Waals surface area contributed by atoms with Crippen LogP contribution in [-0.4, -0.2) is 53.0 Å². The minimum Gasteiger partial charge on any atom is -0.376 e. The number of fused-ring (bicyclic) bond motifs is 2. The molecule has 3 aliphatic rings. The minimum absolute atomic E-state index is 0.0449. The lowest BCUT2D eigenvalue weighted by atomic mass is 9.77. The molecule has 1 aromatic carbocycles. The summed E-state index contributed by atoms with van der Waals surface area (Å²) in [5, 5.41) is 11.2. The first-order valence-corrected chi connectivity index (χ1v) is 10.5. The van der Waals surface area contributed by atoms with E-state index >= 15 is 0 Å². The number of likely N-dealkylation sites (tertiary alicyclic amines) is 1. The number of carbonyl (C=O) groups is 1. The van der Waals surface area contributed by atoms with Crippen LogP contribution in [0.5, 0.6) is 0 Å². The van der Waals surface area contributed by atoms with Gasteiger partial charge in [-0.15, -0.1) is 0 Å². The SMILES string of the molecule is CC(=O)N[C@@H]1C[C@@H]2CN(Cc3cccc4nonc34)C[C@@H]2C[C@H]1OCC1CC1. The average molecular weight is 384 g/mol. The number of nitrogens with zero attached hydrogens (tertiary/aromatic N) is 3. The van der Waals surface area contributed by atoms with Crippen molar-refractivity contribution in [3.63, 3.8) is 0 Å². The first-order valence-electron chi connectivity index (χ1n) is 10.5. The zero-order valence-corrected chi connectivity index (χ0v) is 16.3. The van der Waals surface area contributed by atoms with Crippen molar-refractivity contribution in [2.45, 2.75) is 51.3 Å². The van der Waals surface area contributed by atoms with Crippen LogP contribution in [0.1, 0.15) is 38.2 Å². The van der Waals surface area contributed by atoms with Crippen LogP contribution in [-0.2, 0) is 16.1 Å². The fourth-order valence-electron chi connectivity index (χ4n) is 5.01. The van der Waals surface area contributed by atoms with Gasteiger partial charge in [0.2, 0.25) is 5.91 Å². The van der Waals surface area contributed by atoms with Gasteiger partial charge in [-0.25, -0.2) is 4.63 Å². The lowest BCUT2D eigenvalue weighted by Crippen LogP contribution is -2.50. The quantitative estimate of drug-likeness (QED) is 0.824. The first-order chi connectivity index (χ1) is 13.7. The Labute approximate surface area is 164 Å². The molecular weight excluding hydrogens is 356 g/mol. The van der Waals surface area contributed by atoms with Crippen molar-refractivity contribution in [2.24, 2.45) is 17.8 Å². The second-order valence-electron chi connectivity index (χ2n) is 8.86.